The summed E-state index contributed by atoms with van der Waals surface area (Å²) in [6.45, 7) is 0. The highest BCUT2D eigenvalue weighted by Gasteiger charge is 2.08. The summed E-state index contributed by atoms with van der Waals surface area (Å²) in [5.74, 6) is 0. The first-order valence-electron chi connectivity index (χ1n) is 7.69. The number of hydrogen-bond donors (Lipinski definition) is 0. The van der Waals surface area contributed by atoms with Gasteiger partial charge < -0.3 is 0 Å². The fourth-order valence-corrected chi connectivity index (χ4v) is 3.94. The van der Waals surface area contributed by atoms with Crippen LogP contribution in [0.1, 0.15) is 16.7 Å². The van der Waals surface area contributed by atoms with Crippen LogP contribution in [-0.4, -0.2) is 0 Å². The highest BCUT2D eigenvalue weighted by atomic mass is 127. The van der Waals surface area contributed by atoms with Crippen molar-refractivity contribution in [2.75, 3.05) is 0 Å². The average molecular weight is 534 g/mol. The van der Waals surface area contributed by atoms with E-state index in [-0.39, 0.29) is 0 Å². The molecule has 0 aromatic heterocycles. The van der Waals surface area contributed by atoms with Crippen LogP contribution >= 0.6 is 45.2 Å². The quantitative estimate of drug-likeness (QED) is 0.185. The molecule has 0 unspecified atom stereocenters. The Labute approximate surface area is 170 Å². The SMILES string of the molecule is IC(=CC(=C(I)c1ccccc1)c1ccccc1)c1ccccc1. The molecule has 2 heteroatoms. The van der Waals surface area contributed by atoms with Gasteiger partial charge in [0.05, 0.1) is 0 Å². The summed E-state index contributed by atoms with van der Waals surface area (Å²) in [7, 11) is 0. The summed E-state index contributed by atoms with van der Waals surface area (Å²) >= 11 is 4.88. The van der Waals surface area contributed by atoms with Gasteiger partial charge in [-0.05, 0) is 73.5 Å². The second kappa shape index (κ2) is 8.62. The Morgan fingerprint density at radius 2 is 0.958 bits per heavy atom. The van der Waals surface area contributed by atoms with Crippen molar-refractivity contribution in [3.8, 4) is 0 Å². The summed E-state index contributed by atoms with van der Waals surface area (Å²) in [6, 6.07) is 31.6. The monoisotopic (exact) mass is 534 g/mol. The van der Waals surface area contributed by atoms with E-state index < -0.39 is 0 Å². The zero-order chi connectivity index (χ0) is 16.8. The molecule has 118 valence electrons. The van der Waals surface area contributed by atoms with Crippen LogP contribution < -0.4 is 0 Å². The highest BCUT2D eigenvalue weighted by molar-refractivity contribution is 14.1. The van der Waals surface area contributed by atoms with Crippen molar-refractivity contribution in [3.63, 3.8) is 0 Å². The second-order valence-electron chi connectivity index (χ2n) is 5.32. The standard InChI is InChI=1S/C22H16I2/c23-21(18-12-6-2-7-13-18)16-20(17-10-4-1-5-11-17)22(24)19-14-8-3-9-15-19/h1-16H. The van der Waals surface area contributed by atoms with E-state index in [1.54, 1.807) is 0 Å². The number of benzene rings is 3. The Hall–Kier alpha value is -1.40. The smallest absolute Gasteiger partial charge is 0.0281 e. The minimum Gasteiger partial charge on any atom is -0.0622 e. The Bertz CT molecular complexity index is 848. The minimum atomic E-state index is 1.23. The Morgan fingerprint density at radius 1 is 0.542 bits per heavy atom. The van der Waals surface area contributed by atoms with Crippen LogP contribution in [0, 0.1) is 0 Å². The van der Waals surface area contributed by atoms with Gasteiger partial charge in [0.15, 0.2) is 0 Å². The van der Waals surface area contributed by atoms with Crippen molar-refractivity contribution in [3.05, 3.63) is 114 Å². The van der Waals surface area contributed by atoms with E-state index in [2.05, 4.69) is 142 Å². The molecule has 0 spiro atoms. The third-order valence-electron chi connectivity index (χ3n) is 3.67. The van der Waals surface area contributed by atoms with Crippen LogP contribution in [0.4, 0.5) is 0 Å². The van der Waals surface area contributed by atoms with Crippen molar-refractivity contribution in [2.45, 2.75) is 0 Å². The van der Waals surface area contributed by atoms with Gasteiger partial charge in [-0.15, -0.1) is 0 Å². The fraction of sp³-hybridized carbons (Fsp3) is 0. The van der Waals surface area contributed by atoms with Crippen molar-refractivity contribution in [1.29, 1.82) is 0 Å². The molecule has 0 bridgehead atoms. The molecule has 0 amide bonds. The molecule has 3 rings (SSSR count). The van der Waals surface area contributed by atoms with E-state index in [1.165, 1.54) is 29.4 Å². The van der Waals surface area contributed by atoms with Crippen molar-refractivity contribution >= 4 is 57.9 Å². The van der Waals surface area contributed by atoms with E-state index in [0.717, 1.165) is 0 Å². The maximum Gasteiger partial charge on any atom is 0.0281 e. The molecule has 3 aromatic rings. The third kappa shape index (κ3) is 4.36. The number of halogens is 2. The molecular weight excluding hydrogens is 518 g/mol. The second-order valence-corrected chi connectivity index (χ2v) is 7.56. The van der Waals surface area contributed by atoms with Gasteiger partial charge in [0.25, 0.3) is 0 Å². The van der Waals surface area contributed by atoms with E-state index in [1.807, 2.05) is 0 Å². The average Bonchev–Trinajstić information content (AvgIpc) is 2.67. The molecule has 0 fully saturated rings. The van der Waals surface area contributed by atoms with E-state index >= 15 is 0 Å². The predicted molar refractivity (Wildman–Crippen MR) is 122 cm³/mol. The maximum absolute atomic E-state index is 2.46. The maximum atomic E-state index is 2.46. The molecule has 0 aliphatic rings. The topological polar surface area (TPSA) is 0 Å². The Balaban J connectivity index is 2.14. The number of allylic oxidation sites excluding steroid dienone is 2. The lowest BCUT2D eigenvalue weighted by molar-refractivity contribution is 1.61. The first kappa shape index (κ1) is 17.4. The summed E-state index contributed by atoms with van der Waals surface area (Å²) in [6.07, 6.45) is 2.28. The van der Waals surface area contributed by atoms with Crippen LogP contribution in [0.15, 0.2) is 97.1 Å². The van der Waals surface area contributed by atoms with E-state index in [4.69, 9.17) is 0 Å². The molecule has 3 aromatic carbocycles. The predicted octanol–water partition coefficient (Wildman–Crippen LogP) is 7.47. The molecule has 0 heterocycles. The zero-order valence-corrected chi connectivity index (χ0v) is 17.3. The van der Waals surface area contributed by atoms with E-state index in [0.29, 0.717) is 0 Å². The van der Waals surface area contributed by atoms with Gasteiger partial charge in [0.1, 0.15) is 0 Å². The van der Waals surface area contributed by atoms with Crippen molar-refractivity contribution in [1.82, 2.24) is 0 Å². The van der Waals surface area contributed by atoms with Crippen LogP contribution in [0.3, 0.4) is 0 Å². The molecule has 0 N–H and O–H groups in total. The van der Waals surface area contributed by atoms with Gasteiger partial charge in [-0.3, -0.25) is 0 Å². The largest absolute Gasteiger partial charge is 0.0622 e. The molecule has 0 aliphatic carbocycles. The molecule has 0 saturated heterocycles. The molecule has 24 heavy (non-hydrogen) atoms. The molecule has 0 aliphatic heterocycles. The van der Waals surface area contributed by atoms with Crippen LogP contribution in [0.5, 0.6) is 0 Å². The lowest BCUT2D eigenvalue weighted by Crippen LogP contribution is -1.87. The molecule has 0 atom stereocenters. The summed E-state index contributed by atoms with van der Waals surface area (Å²) in [5, 5.41) is 0. The van der Waals surface area contributed by atoms with Gasteiger partial charge in [0.2, 0.25) is 0 Å². The first-order valence-corrected chi connectivity index (χ1v) is 9.84. The Morgan fingerprint density at radius 3 is 1.46 bits per heavy atom. The fourth-order valence-electron chi connectivity index (χ4n) is 2.44. The van der Waals surface area contributed by atoms with Crippen molar-refractivity contribution < 1.29 is 0 Å². The minimum absolute atomic E-state index is 1.23. The van der Waals surface area contributed by atoms with Gasteiger partial charge in [-0.2, -0.15) is 0 Å². The summed E-state index contributed by atoms with van der Waals surface area (Å²) in [5.41, 5.74) is 4.96. The van der Waals surface area contributed by atoms with Crippen LogP contribution in [-0.2, 0) is 0 Å². The van der Waals surface area contributed by atoms with Gasteiger partial charge >= 0.3 is 0 Å². The van der Waals surface area contributed by atoms with Crippen molar-refractivity contribution in [2.24, 2.45) is 0 Å². The highest BCUT2D eigenvalue weighted by Crippen LogP contribution is 2.36. The lowest BCUT2D eigenvalue weighted by Gasteiger charge is -2.10. The lowest BCUT2D eigenvalue weighted by atomic mass is 10.0. The summed E-state index contributed by atoms with van der Waals surface area (Å²) < 4.78 is 2.49. The normalized spacial score (nSPS) is 12.7. The third-order valence-corrected chi connectivity index (χ3v) is 5.81. The van der Waals surface area contributed by atoms with Crippen LogP contribution in [0.25, 0.3) is 12.7 Å². The molecule has 0 saturated carbocycles. The van der Waals surface area contributed by atoms with Gasteiger partial charge in [-0.25, -0.2) is 0 Å². The van der Waals surface area contributed by atoms with Crippen LogP contribution in [0.2, 0.25) is 0 Å². The zero-order valence-electron chi connectivity index (χ0n) is 13.0. The number of rotatable bonds is 4. The van der Waals surface area contributed by atoms with Gasteiger partial charge in [-0.1, -0.05) is 91.0 Å². The Kier molecular flexibility index (Phi) is 6.26. The van der Waals surface area contributed by atoms with Gasteiger partial charge in [0, 0.05) is 7.16 Å². The number of hydrogen-bond acceptors (Lipinski definition) is 0. The summed E-state index contributed by atoms with van der Waals surface area (Å²) in [4.78, 5) is 0. The molecule has 0 nitrogen and oxygen atoms in total. The first-order chi connectivity index (χ1) is 11.8. The van der Waals surface area contributed by atoms with E-state index in [9.17, 15) is 0 Å². The molecular formula is C22H16I2. The molecule has 0 radical (unpaired) electrons.